The van der Waals surface area contributed by atoms with Crippen molar-refractivity contribution in [3.8, 4) is 6.07 Å². The molecule has 0 saturated carbocycles. The third-order valence-corrected chi connectivity index (χ3v) is 4.18. The monoisotopic (exact) mass is 302 g/mol. The molecule has 2 rings (SSSR count). The Morgan fingerprint density at radius 1 is 1.43 bits per heavy atom. The summed E-state index contributed by atoms with van der Waals surface area (Å²) in [6.07, 6.45) is 1.48. The maximum Gasteiger partial charge on any atom is 0.343 e. The number of hydrogen-bond acceptors (Lipinski definition) is 4. The molecule has 2 aromatic rings. The molecule has 21 heavy (non-hydrogen) atoms. The second-order valence-corrected chi connectivity index (χ2v) is 6.06. The summed E-state index contributed by atoms with van der Waals surface area (Å²) in [7, 11) is 0. The number of aromatic nitrogens is 3. The number of nitrogens with zero attached hydrogens (tertiary/aromatic N) is 3. The maximum absolute atomic E-state index is 11.6. The molecular formula is C15H18N4OS. The van der Waals surface area contributed by atoms with Crippen molar-refractivity contribution in [1.29, 1.82) is 5.26 Å². The van der Waals surface area contributed by atoms with Crippen molar-refractivity contribution in [3.63, 3.8) is 0 Å². The van der Waals surface area contributed by atoms with Gasteiger partial charge >= 0.3 is 5.69 Å². The molecule has 1 aromatic heterocycles. The number of nitrogens with one attached hydrogen (secondary N) is 1. The number of aromatic amines is 1. The van der Waals surface area contributed by atoms with E-state index in [-0.39, 0.29) is 10.9 Å². The second-order valence-electron chi connectivity index (χ2n) is 4.89. The smallest absolute Gasteiger partial charge is 0.270 e. The minimum absolute atomic E-state index is 0.216. The third kappa shape index (κ3) is 3.99. The van der Waals surface area contributed by atoms with Gasteiger partial charge in [-0.2, -0.15) is 5.26 Å². The van der Waals surface area contributed by atoms with Gasteiger partial charge in [0.05, 0.1) is 6.07 Å². The molecule has 1 atom stereocenters. The van der Waals surface area contributed by atoms with E-state index in [1.54, 1.807) is 4.57 Å². The minimum atomic E-state index is -0.265. The molecule has 0 radical (unpaired) electrons. The molecular weight excluding hydrogens is 284 g/mol. The van der Waals surface area contributed by atoms with E-state index in [9.17, 15) is 10.1 Å². The van der Waals surface area contributed by atoms with E-state index in [0.717, 1.165) is 12.0 Å². The van der Waals surface area contributed by atoms with Gasteiger partial charge in [-0.25, -0.2) is 9.89 Å². The molecule has 110 valence electrons. The molecule has 1 aromatic carbocycles. The lowest BCUT2D eigenvalue weighted by atomic mass is 10.1. The second kappa shape index (κ2) is 7.14. The number of nitriles is 1. The Morgan fingerprint density at radius 3 is 2.76 bits per heavy atom. The standard InChI is InChI=1S/C15H18N4OS/c1-3-8-19-14(20)17-18-15(19)21-13(10-16)9-12-6-4-11(2)5-7-12/h4-7,13H,3,8-9H2,1-2H3,(H,17,20)/t13-/m0/s1. The Morgan fingerprint density at radius 2 is 2.14 bits per heavy atom. The summed E-state index contributed by atoms with van der Waals surface area (Å²) < 4.78 is 1.59. The van der Waals surface area contributed by atoms with Crippen LogP contribution >= 0.6 is 11.8 Å². The van der Waals surface area contributed by atoms with Crippen LogP contribution in [0, 0.1) is 18.3 Å². The number of H-pyrrole nitrogens is 1. The first-order valence-corrected chi connectivity index (χ1v) is 7.79. The number of thioether (sulfide) groups is 1. The highest BCUT2D eigenvalue weighted by molar-refractivity contribution is 8.00. The Balaban J connectivity index is 2.11. The van der Waals surface area contributed by atoms with Crippen molar-refractivity contribution in [2.24, 2.45) is 0 Å². The molecule has 0 fully saturated rings. The summed E-state index contributed by atoms with van der Waals surface area (Å²) in [5.74, 6) is 0. The predicted molar refractivity (Wildman–Crippen MR) is 83.3 cm³/mol. The fraction of sp³-hybridized carbons (Fsp3) is 0.400. The summed E-state index contributed by atoms with van der Waals surface area (Å²) >= 11 is 1.33. The van der Waals surface area contributed by atoms with Gasteiger partial charge in [-0.15, -0.1) is 5.10 Å². The summed E-state index contributed by atoms with van der Waals surface area (Å²) in [5.41, 5.74) is 2.09. The van der Waals surface area contributed by atoms with Crippen molar-refractivity contribution < 1.29 is 0 Å². The highest BCUT2D eigenvalue weighted by atomic mass is 32.2. The molecule has 5 nitrogen and oxygen atoms in total. The van der Waals surface area contributed by atoms with Crippen molar-refractivity contribution in [1.82, 2.24) is 14.8 Å². The van der Waals surface area contributed by atoms with Crippen LogP contribution in [0.5, 0.6) is 0 Å². The fourth-order valence-corrected chi connectivity index (χ4v) is 2.98. The van der Waals surface area contributed by atoms with E-state index >= 15 is 0 Å². The van der Waals surface area contributed by atoms with E-state index < -0.39 is 0 Å². The minimum Gasteiger partial charge on any atom is -0.270 e. The van der Waals surface area contributed by atoms with Crippen molar-refractivity contribution in [2.45, 2.75) is 43.6 Å². The van der Waals surface area contributed by atoms with E-state index in [1.165, 1.54) is 17.3 Å². The van der Waals surface area contributed by atoms with Crippen LogP contribution < -0.4 is 5.69 Å². The molecule has 0 unspecified atom stereocenters. The molecule has 0 bridgehead atoms. The molecule has 0 saturated heterocycles. The van der Waals surface area contributed by atoms with Gasteiger partial charge in [0.15, 0.2) is 5.16 Å². The summed E-state index contributed by atoms with van der Waals surface area (Å²) in [6, 6.07) is 10.4. The number of aryl methyl sites for hydroxylation is 1. The quantitative estimate of drug-likeness (QED) is 0.832. The van der Waals surface area contributed by atoms with Gasteiger partial charge in [0, 0.05) is 6.54 Å². The summed E-state index contributed by atoms with van der Waals surface area (Å²) in [5, 5.41) is 16.1. The molecule has 1 N–H and O–H groups in total. The highest BCUT2D eigenvalue weighted by Crippen LogP contribution is 2.23. The van der Waals surface area contributed by atoms with E-state index in [0.29, 0.717) is 18.1 Å². The van der Waals surface area contributed by atoms with Gasteiger partial charge in [-0.05, 0) is 25.3 Å². The van der Waals surface area contributed by atoms with Gasteiger partial charge < -0.3 is 0 Å². The SMILES string of the molecule is CCCn1c(S[C@H](C#N)Cc2ccc(C)cc2)n[nH]c1=O. The first kappa shape index (κ1) is 15.4. The average molecular weight is 302 g/mol. The third-order valence-electron chi connectivity index (χ3n) is 3.10. The first-order chi connectivity index (χ1) is 10.1. The van der Waals surface area contributed by atoms with E-state index in [2.05, 4.69) is 16.3 Å². The maximum atomic E-state index is 11.6. The molecule has 0 amide bonds. The molecule has 0 spiro atoms. The molecule has 0 aliphatic heterocycles. The largest absolute Gasteiger partial charge is 0.343 e. The van der Waals surface area contributed by atoms with Gasteiger partial charge in [0.1, 0.15) is 5.25 Å². The molecule has 1 heterocycles. The van der Waals surface area contributed by atoms with Crippen molar-refractivity contribution >= 4 is 11.8 Å². The van der Waals surface area contributed by atoms with Crippen molar-refractivity contribution in [3.05, 3.63) is 45.9 Å². The molecule has 6 heteroatoms. The fourth-order valence-electron chi connectivity index (χ4n) is 1.99. The normalized spacial score (nSPS) is 12.0. The van der Waals surface area contributed by atoms with Crippen LogP contribution in [0.25, 0.3) is 0 Å². The molecule has 0 aliphatic carbocycles. The van der Waals surface area contributed by atoms with Gasteiger partial charge in [0.2, 0.25) is 0 Å². The Labute approximate surface area is 128 Å². The van der Waals surface area contributed by atoms with Crippen molar-refractivity contribution in [2.75, 3.05) is 0 Å². The lowest BCUT2D eigenvalue weighted by Crippen LogP contribution is -2.18. The lowest BCUT2D eigenvalue weighted by molar-refractivity contribution is 0.603. The van der Waals surface area contributed by atoms with Gasteiger partial charge in [0.25, 0.3) is 0 Å². The predicted octanol–water partition coefficient (Wildman–Crippen LogP) is 2.52. The van der Waals surface area contributed by atoms with Crippen LogP contribution in [-0.2, 0) is 13.0 Å². The van der Waals surface area contributed by atoms with Crippen LogP contribution in [0.4, 0.5) is 0 Å². The average Bonchev–Trinajstić information content (AvgIpc) is 2.82. The molecule has 0 aliphatic rings. The van der Waals surface area contributed by atoms with Crippen LogP contribution in [0.15, 0.2) is 34.2 Å². The van der Waals surface area contributed by atoms with Crippen LogP contribution in [0.3, 0.4) is 0 Å². The number of hydrogen-bond donors (Lipinski definition) is 1. The summed E-state index contributed by atoms with van der Waals surface area (Å²) in [6.45, 7) is 4.65. The van der Waals surface area contributed by atoms with E-state index in [1.807, 2.05) is 38.1 Å². The zero-order valence-electron chi connectivity index (χ0n) is 12.2. The first-order valence-electron chi connectivity index (χ1n) is 6.91. The lowest BCUT2D eigenvalue weighted by Gasteiger charge is -2.09. The topological polar surface area (TPSA) is 74.5 Å². The van der Waals surface area contributed by atoms with Crippen LogP contribution in [0.2, 0.25) is 0 Å². The summed E-state index contributed by atoms with van der Waals surface area (Å²) in [4.78, 5) is 11.6. The Hall–Kier alpha value is -2.00. The number of benzene rings is 1. The van der Waals surface area contributed by atoms with E-state index in [4.69, 9.17) is 0 Å². The van der Waals surface area contributed by atoms with Gasteiger partial charge in [-0.1, -0.05) is 48.5 Å². The Kier molecular flexibility index (Phi) is 5.23. The number of rotatable bonds is 6. The Bertz CT molecular complexity index is 681. The van der Waals surface area contributed by atoms with Gasteiger partial charge in [-0.3, -0.25) is 4.57 Å². The zero-order chi connectivity index (χ0) is 15.2. The van der Waals surface area contributed by atoms with Crippen LogP contribution in [-0.4, -0.2) is 20.0 Å². The van der Waals surface area contributed by atoms with Crippen LogP contribution in [0.1, 0.15) is 24.5 Å². The zero-order valence-corrected chi connectivity index (χ0v) is 13.0. The highest BCUT2D eigenvalue weighted by Gasteiger charge is 2.16.